The molecule has 1 unspecified atom stereocenters. The average molecular weight is 235 g/mol. The maximum absolute atomic E-state index is 10.8. The quantitative estimate of drug-likeness (QED) is 0.539. The summed E-state index contributed by atoms with van der Waals surface area (Å²) >= 11 is 0. The molecule has 15 heavy (non-hydrogen) atoms. The van der Waals surface area contributed by atoms with Crippen molar-refractivity contribution in [1.29, 1.82) is 0 Å². The summed E-state index contributed by atoms with van der Waals surface area (Å²) in [4.78, 5) is 1.93. The normalized spacial score (nSPS) is 24.1. The molecule has 0 aromatic carbocycles. The minimum absolute atomic E-state index is 0.197. The van der Waals surface area contributed by atoms with Gasteiger partial charge in [-0.3, -0.25) is 4.18 Å². The lowest BCUT2D eigenvalue weighted by Crippen LogP contribution is -2.45. The van der Waals surface area contributed by atoms with E-state index in [2.05, 4.69) is 0 Å². The Morgan fingerprint density at radius 1 is 1.60 bits per heavy atom. The molecule has 1 atom stereocenters. The summed E-state index contributed by atoms with van der Waals surface area (Å²) in [6.07, 6.45) is 2.99. The molecule has 0 spiro atoms. The molecule has 1 heterocycles. The third-order valence-corrected chi connectivity index (χ3v) is 3.16. The van der Waals surface area contributed by atoms with Crippen molar-refractivity contribution in [3.05, 3.63) is 0 Å². The Morgan fingerprint density at radius 3 is 2.80 bits per heavy atom. The van der Waals surface area contributed by atoms with E-state index in [1.165, 1.54) is 0 Å². The molecule has 1 aliphatic heterocycles. The van der Waals surface area contributed by atoms with Crippen LogP contribution in [0, 0.1) is 5.92 Å². The highest BCUT2D eigenvalue weighted by Crippen LogP contribution is 2.17. The van der Waals surface area contributed by atoms with E-state index < -0.39 is 17.2 Å². The molecule has 0 saturated carbocycles. The van der Waals surface area contributed by atoms with Gasteiger partial charge in [-0.1, -0.05) is 0 Å². The summed E-state index contributed by atoms with van der Waals surface area (Å²) in [5, 5.41) is 9.39. The Bertz CT molecular complexity index is 293. The van der Waals surface area contributed by atoms with Crippen molar-refractivity contribution in [3.8, 4) is 0 Å². The summed E-state index contributed by atoms with van der Waals surface area (Å²) in [6, 6.07) is 0. The van der Waals surface area contributed by atoms with E-state index in [9.17, 15) is 13.4 Å². The van der Waals surface area contributed by atoms with E-state index in [0.717, 1.165) is 25.6 Å². The maximum atomic E-state index is 10.8. The number of rotatable bonds is 4. The van der Waals surface area contributed by atoms with Crippen LogP contribution in [-0.2, 0) is 14.3 Å². The fraction of sp³-hybridized carbons (Fsp3) is 1.00. The zero-order valence-corrected chi connectivity index (χ0v) is 10.0. The van der Waals surface area contributed by atoms with E-state index in [4.69, 9.17) is 4.18 Å². The summed E-state index contributed by atoms with van der Waals surface area (Å²) in [6.45, 7) is 3.52. The van der Waals surface area contributed by atoms with Gasteiger partial charge in [0.05, 0.1) is 12.9 Å². The second kappa shape index (κ2) is 5.29. The standard InChI is InChI=1S/C8H18BNO4S/c1-9(11)10-5-3-4-8(6-10)7-14-15(2,12)13/h8,11H,3-7H2,1-2H3. The second-order valence-corrected chi connectivity index (χ2v) is 5.77. The van der Waals surface area contributed by atoms with Gasteiger partial charge in [0.1, 0.15) is 0 Å². The van der Waals surface area contributed by atoms with Crippen molar-refractivity contribution in [2.45, 2.75) is 19.7 Å². The van der Waals surface area contributed by atoms with Crippen molar-refractivity contribution in [2.24, 2.45) is 5.92 Å². The van der Waals surface area contributed by atoms with Crippen molar-refractivity contribution in [2.75, 3.05) is 26.0 Å². The van der Waals surface area contributed by atoms with Crippen molar-refractivity contribution in [3.63, 3.8) is 0 Å². The van der Waals surface area contributed by atoms with Gasteiger partial charge in [-0.25, -0.2) is 0 Å². The van der Waals surface area contributed by atoms with Crippen LogP contribution in [0.2, 0.25) is 6.82 Å². The number of piperidine rings is 1. The summed E-state index contributed by atoms with van der Waals surface area (Å²) in [5.74, 6) is 0.197. The molecule has 0 amide bonds. The minimum atomic E-state index is -3.34. The first-order valence-corrected chi connectivity index (χ1v) is 6.96. The predicted octanol–water partition coefficient (Wildman–Crippen LogP) is -0.215. The minimum Gasteiger partial charge on any atom is -0.437 e. The Balaban J connectivity index is 2.37. The van der Waals surface area contributed by atoms with Gasteiger partial charge in [0.2, 0.25) is 0 Å². The number of hydrogen-bond acceptors (Lipinski definition) is 5. The SMILES string of the molecule is CB(O)N1CCCC(COS(C)(=O)=O)C1. The first-order valence-electron chi connectivity index (χ1n) is 5.15. The van der Waals surface area contributed by atoms with Crippen LogP contribution in [0.1, 0.15) is 12.8 Å². The van der Waals surface area contributed by atoms with Gasteiger partial charge in [-0.15, -0.1) is 0 Å². The summed E-state index contributed by atoms with van der Waals surface area (Å²) < 4.78 is 26.4. The first kappa shape index (κ1) is 13.0. The Morgan fingerprint density at radius 2 is 2.27 bits per heavy atom. The van der Waals surface area contributed by atoms with Gasteiger partial charge in [-0.05, 0) is 38.7 Å². The molecule has 1 aliphatic rings. The van der Waals surface area contributed by atoms with Gasteiger partial charge in [-0.2, -0.15) is 8.42 Å². The largest absolute Gasteiger partial charge is 0.437 e. The molecular formula is C8H18BNO4S. The van der Waals surface area contributed by atoms with E-state index in [1.807, 2.05) is 4.81 Å². The Hall–Kier alpha value is -0.105. The molecule has 5 nitrogen and oxygen atoms in total. The maximum Gasteiger partial charge on any atom is 0.376 e. The molecular weight excluding hydrogens is 217 g/mol. The van der Waals surface area contributed by atoms with Crippen LogP contribution < -0.4 is 0 Å². The van der Waals surface area contributed by atoms with Crippen molar-refractivity contribution >= 4 is 17.2 Å². The van der Waals surface area contributed by atoms with Crippen LogP contribution in [0.3, 0.4) is 0 Å². The molecule has 88 valence electrons. The molecule has 0 radical (unpaired) electrons. The summed E-state index contributed by atoms with van der Waals surface area (Å²) in [5.41, 5.74) is 0. The molecule has 1 saturated heterocycles. The van der Waals surface area contributed by atoms with Crippen LogP contribution in [0.25, 0.3) is 0 Å². The van der Waals surface area contributed by atoms with Gasteiger partial charge < -0.3 is 9.83 Å². The highest BCUT2D eigenvalue weighted by atomic mass is 32.2. The van der Waals surface area contributed by atoms with Crippen LogP contribution >= 0.6 is 0 Å². The third kappa shape index (κ3) is 4.97. The fourth-order valence-corrected chi connectivity index (χ4v) is 2.23. The molecule has 0 bridgehead atoms. The van der Waals surface area contributed by atoms with E-state index in [-0.39, 0.29) is 12.5 Å². The van der Waals surface area contributed by atoms with Crippen LogP contribution in [0.15, 0.2) is 0 Å². The number of hydrogen-bond donors (Lipinski definition) is 1. The lowest BCUT2D eigenvalue weighted by Gasteiger charge is -2.32. The monoisotopic (exact) mass is 235 g/mol. The topological polar surface area (TPSA) is 66.8 Å². The predicted molar refractivity (Wildman–Crippen MR) is 58.9 cm³/mol. The molecule has 0 aromatic rings. The molecule has 0 aromatic heterocycles. The highest BCUT2D eigenvalue weighted by Gasteiger charge is 2.25. The third-order valence-electron chi connectivity index (χ3n) is 2.60. The van der Waals surface area contributed by atoms with Gasteiger partial charge in [0.25, 0.3) is 10.1 Å². The highest BCUT2D eigenvalue weighted by molar-refractivity contribution is 7.85. The average Bonchev–Trinajstić information content (AvgIpc) is 2.14. The molecule has 1 N–H and O–H groups in total. The van der Waals surface area contributed by atoms with Gasteiger partial charge in [0.15, 0.2) is 0 Å². The molecule has 0 aliphatic carbocycles. The van der Waals surface area contributed by atoms with Crippen LogP contribution in [0.4, 0.5) is 0 Å². The lowest BCUT2D eigenvalue weighted by atomic mass is 9.81. The van der Waals surface area contributed by atoms with Gasteiger partial charge in [0, 0.05) is 0 Å². The van der Waals surface area contributed by atoms with E-state index in [1.54, 1.807) is 6.82 Å². The zero-order valence-electron chi connectivity index (χ0n) is 9.22. The van der Waals surface area contributed by atoms with Crippen molar-refractivity contribution in [1.82, 2.24) is 4.81 Å². The van der Waals surface area contributed by atoms with Crippen LogP contribution in [-0.4, -0.2) is 51.3 Å². The smallest absolute Gasteiger partial charge is 0.376 e. The Labute approximate surface area is 91.7 Å². The first-order chi connectivity index (χ1) is 6.88. The summed E-state index contributed by atoms with van der Waals surface area (Å²) in [7, 11) is -3.81. The molecule has 1 rings (SSSR count). The van der Waals surface area contributed by atoms with Gasteiger partial charge >= 0.3 is 7.05 Å². The van der Waals surface area contributed by atoms with Crippen LogP contribution in [0.5, 0.6) is 0 Å². The van der Waals surface area contributed by atoms with Crippen molar-refractivity contribution < 1.29 is 17.6 Å². The lowest BCUT2D eigenvalue weighted by molar-refractivity contribution is 0.174. The van der Waals surface area contributed by atoms with E-state index in [0.29, 0.717) is 6.54 Å². The number of nitrogens with zero attached hydrogens (tertiary/aromatic N) is 1. The second-order valence-electron chi connectivity index (χ2n) is 4.12. The molecule has 1 fully saturated rings. The zero-order chi connectivity index (χ0) is 11.5. The van der Waals surface area contributed by atoms with E-state index >= 15 is 0 Å². The fourth-order valence-electron chi connectivity index (χ4n) is 1.79. The molecule has 7 heteroatoms. The Kier molecular flexibility index (Phi) is 4.57.